The minimum Gasteiger partial charge on any atom is -0.341 e. The maximum atomic E-state index is 13.0. The standard InChI is InChI=1S/C19H25N3O3/c23-17(21-25)15-10-19(7-8-19)12-20-16(15)18(24)22-9-6-14(11-22)13-4-2-1-3-5-13/h1-5,14-16,20,25H,6-12H2,(H,21,23)/t14-,15?,16?/m1/s1. The van der Waals surface area contributed by atoms with Gasteiger partial charge in [0, 0.05) is 25.6 Å². The molecule has 1 aromatic carbocycles. The Morgan fingerprint density at radius 1 is 1.24 bits per heavy atom. The van der Waals surface area contributed by atoms with Crippen LogP contribution in [0.3, 0.4) is 0 Å². The van der Waals surface area contributed by atoms with Crippen LogP contribution < -0.4 is 10.8 Å². The van der Waals surface area contributed by atoms with Crippen molar-refractivity contribution in [1.29, 1.82) is 0 Å². The van der Waals surface area contributed by atoms with E-state index in [1.54, 1.807) is 5.48 Å². The Balaban J connectivity index is 1.45. The van der Waals surface area contributed by atoms with Gasteiger partial charge in [-0.2, -0.15) is 0 Å². The van der Waals surface area contributed by atoms with E-state index in [9.17, 15) is 9.59 Å². The maximum Gasteiger partial charge on any atom is 0.248 e. The van der Waals surface area contributed by atoms with E-state index >= 15 is 0 Å². The normalized spacial score (nSPS) is 30.3. The van der Waals surface area contributed by atoms with E-state index in [2.05, 4.69) is 17.4 Å². The number of nitrogens with one attached hydrogen (secondary N) is 2. The van der Waals surface area contributed by atoms with Gasteiger partial charge in [-0.15, -0.1) is 0 Å². The number of hydrogen-bond acceptors (Lipinski definition) is 4. The molecule has 1 spiro atoms. The van der Waals surface area contributed by atoms with Crippen molar-refractivity contribution in [3.63, 3.8) is 0 Å². The number of hydroxylamine groups is 1. The minimum absolute atomic E-state index is 0.0115. The molecule has 6 nitrogen and oxygen atoms in total. The lowest BCUT2D eigenvalue weighted by atomic mass is 9.81. The fourth-order valence-corrected chi connectivity index (χ4v) is 4.42. The van der Waals surface area contributed by atoms with E-state index in [-0.39, 0.29) is 11.3 Å². The molecule has 1 aliphatic carbocycles. The van der Waals surface area contributed by atoms with Gasteiger partial charge in [0.05, 0.1) is 12.0 Å². The summed E-state index contributed by atoms with van der Waals surface area (Å²) in [7, 11) is 0. The number of piperidine rings is 1. The van der Waals surface area contributed by atoms with Gasteiger partial charge < -0.3 is 10.2 Å². The zero-order valence-electron chi connectivity index (χ0n) is 14.3. The van der Waals surface area contributed by atoms with E-state index in [0.29, 0.717) is 18.9 Å². The molecule has 2 saturated heterocycles. The summed E-state index contributed by atoms with van der Waals surface area (Å²) in [5, 5.41) is 12.4. The van der Waals surface area contributed by atoms with Gasteiger partial charge in [-0.3, -0.25) is 14.8 Å². The summed E-state index contributed by atoms with van der Waals surface area (Å²) in [6.45, 7) is 2.20. The molecule has 134 valence electrons. The Labute approximate surface area is 147 Å². The molecule has 2 unspecified atom stereocenters. The second kappa shape index (κ2) is 6.42. The molecule has 1 saturated carbocycles. The summed E-state index contributed by atoms with van der Waals surface area (Å²) in [6.07, 6.45) is 3.81. The fourth-order valence-electron chi connectivity index (χ4n) is 4.42. The summed E-state index contributed by atoms with van der Waals surface area (Å²) in [5.41, 5.74) is 3.18. The smallest absolute Gasteiger partial charge is 0.248 e. The first-order chi connectivity index (χ1) is 12.1. The van der Waals surface area contributed by atoms with Crippen LogP contribution in [0.5, 0.6) is 0 Å². The molecule has 0 aromatic heterocycles. The van der Waals surface area contributed by atoms with Crippen molar-refractivity contribution in [2.24, 2.45) is 11.3 Å². The van der Waals surface area contributed by atoms with Gasteiger partial charge in [0.2, 0.25) is 11.8 Å². The molecule has 3 aliphatic rings. The Morgan fingerprint density at radius 2 is 2.00 bits per heavy atom. The second-order valence-electron chi connectivity index (χ2n) is 7.83. The average molecular weight is 343 g/mol. The Hall–Kier alpha value is -1.92. The second-order valence-corrected chi connectivity index (χ2v) is 7.83. The average Bonchev–Trinajstić information content (AvgIpc) is 3.22. The quantitative estimate of drug-likeness (QED) is 0.570. The summed E-state index contributed by atoms with van der Waals surface area (Å²) >= 11 is 0. The Kier molecular flexibility index (Phi) is 4.25. The predicted octanol–water partition coefficient (Wildman–Crippen LogP) is 1.27. The van der Waals surface area contributed by atoms with Crippen molar-refractivity contribution >= 4 is 11.8 Å². The molecule has 0 bridgehead atoms. The van der Waals surface area contributed by atoms with Crippen molar-refractivity contribution in [2.45, 2.75) is 37.6 Å². The molecule has 2 amide bonds. The monoisotopic (exact) mass is 343 g/mol. The fraction of sp³-hybridized carbons (Fsp3) is 0.579. The zero-order chi connectivity index (χ0) is 17.4. The topological polar surface area (TPSA) is 81.7 Å². The highest BCUT2D eigenvalue weighted by molar-refractivity contribution is 5.90. The highest BCUT2D eigenvalue weighted by Gasteiger charge is 2.53. The van der Waals surface area contributed by atoms with Crippen molar-refractivity contribution < 1.29 is 14.8 Å². The van der Waals surface area contributed by atoms with Crippen LogP contribution >= 0.6 is 0 Å². The van der Waals surface area contributed by atoms with Gasteiger partial charge in [0.15, 0.2) is 0 Å². The number of benzene rings is 1. The molecule has 3 fully saturated rings. The molecule has 2 heterocycles. The first kappa shape index (κ1) is 16.5. The molecule has 25 heavy (non-hydrogen) atoms. The van der Waals surface area contributed by atoms with Crippen LogP contribution in [0, 0.1) is 11.3 Å². The lowest BCUT2D eigenvalue weighted by Gasteiger charge is -2.37. The van der Waals surface area contributed by atoms with Crippen LogP contribution in [0.2, 0.25) is 0 Å². The first-order valence-electron chi connectivity index (χ1n) is 9.13. The summed E-state index contributed by atoms with van der Waals surface area (Å²) in [6, 6.07) is 9.73. The van der Waals surface area contributed by atoms with Gasteiger partial charge in [-0.1, -0.05) is 30.3 Å². The van der Waals surface area contributed by atoms with Gasteiger partial charge in [0.25, 0.3) is 0 Å². The molecular weight excluding hydrogens is 318 g/mol. The van der Waals surface area contributed by atoms with E-state index in [4.69, 9.17) is 5.21 Å². The maximum absolute atomic E-state index is 13.0. The van der Waals surface area contributed by atoms with Crippen LogP contribution in [0.1, 0.15) is 37.2 Å². The number of carbonyl (C=O) groups is 2. The minimum atomic E-state index is -0.534. The van der Waals surface area contributed by atoms with E-state index in [0.717, 1.165) is 32.4 Å². The van der Waals surface area contributed by atoms with Crippen LogP contribution in [-0.4, -0.2) is 47.6 Å². The SMILES string of the molecule is O=C(NO)C1CC2(CC2)CNC1C(=O)N1CC[C@@H](c2ccccc2)C1. The lowest BCUT2D eigenvalue weighted by molar-refractivity contribution is -0.144. The van der Waals surface area contributed by atoms with Crippen LogP contribution in [-0.2, 0) is 9.59 Å². The van der Waals surface area contributed by atoms with Gasteiger partial charge in [-0.25, -0.2) is 5.48 Å². The van der Waals surface area contributed by atoms with E-state index in [1.165, 1.54) is 5.56 Å². The molecule has 3 N–H and O–H groups in total. The third-order valence-electron chi connectivity index (χ3n) is 6.19. The Morgan fingerprint density at radius 3 is 2.68 bits per heavy atom. The van der Waals surface area contributed by atoms with Crippen molar-refractivity contribution in [3.8, 4) is 0 Å². The predicted molar refractivity (Wildman–Crippen MR) is 91.9 cm³/mol. The first-order valence-corrected chi connectivity index (χ1v) is 9.13. The van der Waals surface area contributed by atoms with Crippen LogP contribution in [0.4, 0.5) is 0 Å². The summed E-state index contributed by atoms with van der Waals surface area (Å²) in [4.78, 5) is 27.0. The van der Waals surface area contributed by atoms with Gasteiger partial charge in [0.1, 0.15) is 0 Å². The molecule has 2 aliphatic heterocycles. The summed E-state index contributed by atoms with van der Waals surface area (Å²) in [5.74, 6) is -0.601. The largest absolute Gasteiger partial charge is 0.341 e. The third kappa shape index (κ3) is 3.16. The van der Waals surface area contributed by atoms with E-state index < -0.39 is 17.9 Å². The van der Waals surface area contributed by atoms with E-state index in [1.807, 2.05) is 23.1 Å². The molecule has 4 rings (SSSR count). The Bertz CT molecular complexity index is 659. The number of likely N-dealkylation sites (tertiary alicyclic amines) is 1. The van der Waals surface area contributed by atoms with Gasteiger partial charge >= 0.3 is 0 Å². The van der Waals surface area contributed by atoms with Gasteiger partial charge in [-0.05, 0) is 36.7 Å². The number of rotatable bonds is 3. The van der Waals surface area contributed by atoms with Crippen molar-refractivity contribution in [1.82, 2.24) is 15.7 Å². The number of amides is 2. The molecule has 0 radical (unpaired) electrons. The number of nitrogens with zero attached hydrogens (tertiary/aromatic N) is 1. The third-order valence-corrected chi connectivity index (χ3v) is 6.19. The molecule has 1 aromatic rings. The number of carbonyl (C=O) groups excluding carboxylic acids is 2. The highest BCUT2D eigenvalue weighted by Crippen LogP contribution is 2.52. The lowest BCUT2D eigenvalue weighted by Crippen LogP contribution is -2.58. The molecule has 6 heteroatoms. The number of hydrogen-bond donors (Lipinski definition) is 3. The zero-order valence-corrected chi connectivity index (χ0v) is 14.3. The highest BCUT2D eigenvalue weighted by atomic mass is 16.5. The van der Waals surface area contributed by atoms with Crippen molar-refractivity contribution in [3.05, 3.63) is 35.9 Å². The molecular formula is C19H25N3O3. The van der Waals surface area contributed by atoms with Crippen LogP contribution in [0.15, 0.2) is 30.3 Å². The van der Waals surface area contributed by atoms with Crippen LogP contribution in [0.25, 0.3) is 0 Å². The summed E-state index contributed by atoms with van der Waals surface area (Å²) < 4.78 is 0. The van der Waals surface area contributed by atoms with Crippen molar-refractivity contribution in [2.75, 3.05) is 19.6 Å². The molecule has 3 atom stereocenters.